The molecule has 0 aliphatic carbocycles. The minimum Gasteiger partial charge on any atom is -0.496 e. The summed E-state index contributed by atoms with van der Waals surface area (Å²) in [7, 11) is 3.25. The van der Waals surface area contributed by atoms with Crippen LogP contribution in [0.3, 0.4) is 0 Å². The smallest absolute Gasteiger partial charge is 0.312 e. The van der Waals surface area contributed by atoms with Gasteiger partial charge in [0.05, 0.1) is 29.1 Å². The molecule has 2 heterocycles. The molecular formula is C25H29BrN2O4S. The lowest BCUT2D eigenvalue weighted by Gasteiger charge is -2.40. The second-order valence-electron chi connectivity index (χ2n) is 8.59. The fraction of sp³-hybridized carbons (Fsp3) is 0.440. The molecule has 1 aliphatic rings. The molecule has 1 N–H and O–H groups in total. The maximum absolute atomic E-state index is 13.2. The molecule has 1 atom stereocenters. The van der Waals surface area contributed by atoms with Crippen LogP contribution in [0.2, 0.25) is 0 Å². The number of fused-ring (bicyclic) bond motifs is 1. The van der Waals surface area contributed by atoms with Crippen LogP contribution in [0.5, 0.6) is 5.75 Å². The summed E-state index contributed by atoms with van der Waals surface area (Å²) >= 11 is 5.07. The van der Waals surface area contributed by atoms with Gasteiger partial charge in [-0.3, -0.25) is 9.59 Å². The maximum atomic E-state index is 13.2. The van der Waals surface area contributed by atoms with E-state index >= 15 is 0 Å². The molecule has 0 saturated heterocycles. The number of amides is 2. The number of likely N-dealkylation sites (N-methyl/N-ethyl adjacent to an activating group) is 1. The fourth-order valence-electron chi connectivity index (χ4n) is 3.88. The van der Waals surface area contributed by atoms with Gasteiger partial charge in [-0.05, 0) is 77.3 Å². The molecule has 0 bridgehead atoms. The van der Waals surface area contributed by atoms with Crippen molar-refractivity contribution in [1.82, 2.24) is 9.80 Å². The number of carbonyl (C=O) groups is 2. The third kappa shape index (κ3) is 5.60. The zero-order chi connectivity index (χ0) is 24.2. The number of nitrogens with zero attached hydrogens (tertiary/aromatic N) is 2. The van der Waals surface area contributed by atoms with Crippen molar-refractivity contribution < 1.29 is 19.4 Å². The average Bonchev–Trinajstić information content (AvgIpc) is 3.32. The molecule has 1 aliphatic heterocycles. The largest absolute Gasteiger partial charge is 0.496 e. The lowest BCUT2D eigenvalue weighted by Crippen LogP contribution is -2.53. The van der Waals surface area contributed by atoms with Crippen LogP contribution in [0, 0.1) is 11.8 Å². The Labute approximate surface area is 207 Å². The van der Waals surface area contributed by atoms with Crippen LogP contribution in [0.4, 0.5) is 0 Å². The van der Waals surface area contributed by atoms with Crippen LogP contribution < -0.4 is 4.74 Å². The van der Waals surface area contributed by atoms with Crippen LogP contribution in [0.15, 0.2) is 34.1 Å². The van der Waals surface area contributed by atoms with Gasteiger partial charge in [-0.25, -0.2) is 0 Å². The van der Waals surface area contributed by atoms with Crippen molar-refractivity contribution in [2.75, 3.05) is 27.3 Å². The Morgan fingerprint density at radius 3 is 2.79 bits per heavy atom. The lowest BCUT2D eigenvalue weighted by atomic mass is 9.92. The second-order valence-corrected chi connectivity index (χ2v) is 10.4. The highest BCUT2D eigenvalue weighted by Crippen LogP contribution is 2.37. The Bertz CT molecular complexity index is 1070. The SMILES string of the molecule is COc1cc2c(cc1Br)C(CO)N(C(=O)C(=O)N(C)C(C)(C)CCC#Cc1cccs1)CC2. The summed E-state index contributed by atoms with van der Waals surface area (Å²) in [4.78, 5) is 30.3. The van der Waals surface area contributed by atoms with Crippen molar-refractivity contribution >= 4 is 39.1 Å². The maximum Gasteiger partial charge on any atom is 0.312 e. The molecule has 176 valence electrons. The van der Waals surface area contributed by atoms with Crippen LogP contribution >= 0.6 is 27.3 Å². The number of methoxy groups -OCH3 is 1. The Morgan fingerprint density at radius 1 is 1.39 bits per heavy atom. The summed E-state index contributed by atoms with van der Waals surface area (Å²) in [6.07, 6.45) is 1.84. The molecule has 2 amide bonds. The number of halogens is 1. The molecule has 0 spiro atoms. The van der Waals surface area contributed by atoms with Crippen LogP contribution in [0.25, 0.3) is 0 Å². The highest BCUT2D eigenvalue weighted by atomic mass is 79.9. The van der Waals surface area contributed by atoms with Gasteiger partial charge in [0, 0.05) is 25.6 Å². The first-order chi connectivity index (χ1) is 15.7. The predicted molar refractivity (Wildman–Crippen MR) is 133 cm³/mol. The number of aliphatic hydroxyl groups is 1. The summed E-state index contributed by atoms with van der Waals surface area (Å²) in [6.45, 7) is 3.96. The standard InChI is InChI=1S/C25H29BrN2O4S/c1-25(2,11-6-5-8-18-9-7-13-33-18)27(3)23(30)24(31)28-12-10-17-14-22(32-4)20(26)15-19(17)21(28)16-29/h7,9,13-15,21,29H,6,10-12,16H2,1-4H3. The van der Waals surface area contributed by atoms with E-state index in [1.54, 1.807) is 25.5 Å². The van der Waals surface area contributed by atoms with Gasteiger partial charge in [0.2, 0.25) is 0 Å². The molecular weight excluding hydrogens is 504 g/mol. The zero-order valence-electron chi connectivity index (χ0n) is 19.4. The number of benzene rings is 1. The van der Waals surface area contributed by atoms with E-state index in [0.29, 0.717) is 31.6 Å². The first kappa shape index (κ1) is 25.3. The van der Waals surface area contributed by atoms with E-state index in [1.165, 1.54) is 9.80 Å². The zero-order valence-corrected chi connectivity index (χ0v) is 21.8. The van der Waals surface area contributed by atoms with E-state index < -0.39 is 23.4 Å². The third-order valence-electron chi connectivity index (χ3n) is 6.19. The third-order valence-corrected chi connectivity index (χ3v) is 7.60. The molecule has 1 aromatic carbocycles. The molecule has 33 heavy (non-hydrogen) atoms. The van der Waals surface area contributed by atoms with E-state index in [-0.39, 0.29) is 6.61 Å². The quantitative estimate of drug-likeness (QED) is 0.466. The second kappa shape index (κ2) is 10.7. The number of carbonyl (C=O) groups excluding carboxylic acids is 2. The number of rotatable bonds is 5. The minimum atomic E-state index is -0.605. The van der Waals surface area contributed by atoms with Gasteiger partial charge in [0.25, 0.3) is 0 Å². The van der Waals surface area contributed by atoms with Crippen molar-refractivity contribution in [3.05, 3.63) is 50.1 Å². The Morgan fingerprint density at radius 2 is 2.15 bits per heavy atom. The van der Waals surface area contributed by atoms with Crippen LogP contribution in [0.1, 0.15) is 48.7 Å². The van der Waals surface area contributed by atoms with Gasteiger partial charge in [0.1, 0.15) is 5.75 Å². The van der Waals surface area contributed by atoms with Crippen molar-refractivity contribution in [2.24, 2.45) is 0 Å². The number of aliphatic hydroxyl groups excluding tert-OH is 1. The number of ether oxygens (including phenoxy) is 1. The van der Waals surface area contributed by atoms with Crippen LogP contribution in [-0.2, 0) is 16.0 Å². The van der Waals surface area contributed by atoms with Gasteiger partial charge in [-0.15, -0.1) is 11.3 Å². The van der Waals surface area contributed by atoms with E-state index in [1.807, 2.05) is 43.5 Å². The molecule has 6 nitrogen and oxygen atoms in total. The summed E-state index contributed by atoms with van der Waals surface area (Å²) in [6, 6.07) is 7.13. The highest BCUT2D eigenvalue weighted by molar-refractivity contribution is 9.10. The number of hydrogen-bond acceptors (Lipinski definition) is 5. The molecule has 3 rings (SSSR count). The predicted octanol–water partition coefficient (Wildman–Crippen LogP) is 4.01. The van der Waals surface area contributed by atoms with Gasteiger partial charge in [0.15, 0.2) is 0 Å². The topological polar surface area (TPSA) is 70.1 Å². The van der Waals surface area contributed by atoms with Gasteiger partial charge in [-0.1, -0.05) is 17.9 Å². The fourth-order valence-corrected chi connectivity index (χ4v) is 4.99. The first-order valence-electron chi connectivity index (χ1n) is 10.8. The van der Waals surface area contributed by atoms with E-state index in [9.17, 15) is 14.7 Å². The number of thiophene rings is 1. The van der Waals surface area contributed by atoms with Crippen molar-refractivity contribution in [2.45, 2.75) is 44.7 Å². The summed E-state index contributed by atoms with van der Waals surface area (Å²) in [5.41, 5.74) is 1.28. The Kier molecular flexibility index (Phi) is 8.22. The summed E-state index contributed by atoms with van der Waals surface area (Å²) < 4.78 is 6.10. The molecule has 0 radical (unpaired) electrons. The van der Waals surface area contributed by atoms with Gasteiger partial charge >= 0.3 is 11.8 Å². The van der Waals surface area contributed by atoms with Gasteiger partial charge in [-0.2, -0.15) is 0 Å². The van der Waals surface area contributed by atoms with Crippen molar-refractivity contribution in [3.63, 3.8) is 0 Å². The first-order valence-corrected chi connectivity index (χ1v) is 12.4. The molecule has 0 saturated carbocycles. The van der Waals surface area contributed by atoms with Crippen molar-refractivity contribution in [1.29, 1.82) is 0 Å². The monoisotopic (exact) mass is 532 g/mol. The van der Waals surface area contributed by atoms with Crippen molar-refractivity contribution in [3.8, 4) is 17.6 Å². The Hall–Kier alpha value is -2.34. The number of hydrogen-bond donors (Lipinski definition) is 1. The molecule has 1 unspecified atom stereocenters. The summed E-state index contributed by atoms with van der Waals surface area (Å²) in [5, 5.41) is 12.1. The highest BCUT2D eigenvalue weighted by Gasteiger charge is 2.38. The van der Waals surface area contributed by atoms with E-state index in [4.69, 9.17) is 4.74 Å². The van der Waals surface area contributed by atoms with E-state index in [0.717, 1.165) is 20.5 Å². The molecule has 2 aromatic rings. The lowest BCUT2D eigenvalue weighted by molar-refractivity contribution is -0.156. The minimum absolute atomic E-state index is 0.268. The molecule has 0 fully saturated rings. The normalized spacial score (nSPS) is 15.3. The van der Waals surface area contributed by atoms with Gasteiger partial charge < -0.3 is 19.6 Å². The van der Waals surface area contributed by atoms with E-state index in [2.05, 4.69) is 27.8 Å². The molecule has 8 heteroatoms. The average molecular weight is 533 g/mol. The molecule has 1 aromatic heterocycles. The van der Waals surface area contributed by atoms with Crippen LogP contribution in [-0.4, -0.2) is 59.6 Å². The Balaban J connectivity index is 1.71. The summed E-state index contributed by atoms with van der Waals surface area (Å²) in [5.74, 6) is 5.79.